The summed E-state index contributed by atoms with van der Waals surface area (Å²) in [5.41, 5.74) is -0.0159. The van der Waals surface area contributed by atoms with E-state index < -0.39 is 16.0 Å². The fourth-order valence-electron chi connectivity index (χ4n) is 1.25. The van der Waals surface area contributed by atoms with E-state index in [-0.39, 0.29) is 16.4 Å². The number of rotatable bonds is 4. The average molecular weight is 267 g/mol. The number of hydrogen-bond donors (Lipinski definition) is 3. The number of anilines is 1. The van der Waals surface area contributed by atoms with E-state index in [1.165, 1.54) is 24.4 Å². The highest BCUT2D eigenvalue weighted by molar-refractivity contribution is 7.92. The lowest BCUT2D eigenvalue weighted by molar-refractivity contribution is 0.0696. The van der Waals surface area contributed by atoms with E-state index in [1.807, 2.05) is 0 Å². The van der Waals surface area contributed by atoms with Gasteiger partial charge in [0.25, 0.3) is 10.0 Å². The zero-order valence-corrected chi connectivity index (χ0v) is 9.81. The number of carboxylic acid groups (broad SMARTS) is 1. The Hall–Kier alpha value is -2.35. The highest BCUT2D eigenvalue weighted by atomic mass is 32.2. The number of pyridine rings is 1. The summed E-state index contributed by atoms with van der Waals surface area (Å²) in [4.78, 5) is 16.9. The maximum Gasteiger partial charge on any atom is 0.337 e. The SMILES string of the molecule is O=C(O)c1ccc(NS(=O)(=O)c2ccc[nH]2)nc1. The molecule has 8 heteroatoms. The van der Waals surface area contributed by atoms with Crippen molar-refractivity contribution in [2.75, 3.05) is 4.72 Å². The van der Waals surface area contributed by atoms with Crippen LogP contribution in [0.3, 0.4) is 0 Å². The molecule has 2 heterocycles. The fourth-order valence-corrected chi connectivity index (χ4v) is 2.24. The van der Waals surface area contributed by atoms with Gasteiger partial charge in [0.1, 0.15) is 5.82 Å². The number of carboxylic acids is 1. The summed E-state index contributed by atoms with van der Waals surface area (Å²) in [6.45, 7) is 0. The largest absolute Gasteiger partial charge is 0.478 e. The lowest BCUT2D eigenvalue weighted by atomic mass is 10.3. The van der Waals surface area contributed by atoms with Gasteiger partial charge in [-0.2, -0.15) is 8.42 Å². The van der Waals surface area contributed by atoms with Crippen molar-refractivity contribution in [3.8, 4) is 0 Å². The summed E-state index contributed by atoms with van der Waals surface area (Å²) >= 11 is 0. The van der Waals surface area contributed by atoms with E-state index in [0.29, 0.717) is 0 Å². The van der Waals surface area contributed by atoms with Crippen LogP contribution in [-0.2, 0) is 10.0 Å². The molecule has 0 aromatic carbocycles. The van der Waals surface area contributed by atoms with Crippen molar-refractivity contribution in [3.05, 3.63) is 42.2 Å². The minimum atomic E-state index is -3.72. The summed E-state index contributed by atoms with van der Waals surface area (Å²) in [6.07, 6.45) is 2.56. The van der Waals surface area contributed by atoms with Gasteiger partial charge in [0, 0.05) is 12.4 Å². The second-order valence-electron chi connectivity index (χ2n) is 3.38. The van der Waals surface area contributed by atoms with Gasteiger partial charge in [-0.15, -0.1) is 0 Å². The summed E-state index contributed by atoms with van der Waals surface area (Å²) < 4.78 is 25.8. The van der Waals surface area contributed by atoms with E-state index in [0.717, 1.165) is 6.20 Å². The van der Waals surface area contributed by atoms with Gasteiger partial charge >= 0.3 is 5.97 Å². The molecule has 18 heavy (non-hydrogen) atoms. The molecule has 0 aliphatic carbocycles. The highest BCUT2D eigenvalue weighted by Crippen LogP contribution is 2.12. The smallest absolute Gasteiger partial charge is 0.337 e. The molecule has 2 aromatic heterocycles. The third-order valence-corrected chi connectivity index (χ3v) is 3.42. The van der Waals surface area contributed by atoms with Crippen LogP contribution in [0.5, 0.6) is 0 Å². The van der Waals surface area contributed by atoms with Crippen molar-refractivity contribution in [2.24, 2.45) is 0 Å². The van der Waals surface area contributed by atoms with Gasteiger partial charge in [-0.25, -0.2) is 9.78 Å². The van der Waals surface area contributed by atoms with Gasteiger partial charge in [-0.1, -0.05) is 0 Å². The van der Waals surface area contributed by atoms with Crippen LogP contribution in [0.1, 0.15) is 10.4 Å². The van der Waals surface area contributed by atoms with Crippen molar-refractivity contribution >= 4 is 21.8 Å². The van der Waals surface area contributed by atoms with Gasteiger partial charge < -0.3 is 10.1 Å². The Bertz CT molecular complexity index is 647. The second kappa shape index (κ2) is 4.49. The number of aromatic nitrogens is 2. The number of hydrogen-bond acceptors (Lipinski definition) is 4. The van der Waals surface area contributed by atoms with E-state index in [2.05, 4.69) is 14.7 Å². The third kappa shape index (κ3) is 2.48. The molecular formula is C10H9N3O4S. The Kier molecular flexibility index (Phi) is 3.02. The van der Waals surface area contributed by atoms with Crippen LogP contribution < -0.4 is 4.72 Å². The van der Waals surface area contributed by atoms with Crippen LogP contribution in [0.15, 0.2) is 41.7 Å². The molecule has 0 saturated heterocycles. The molecule has 3 N–H and O–H groups in total. The number of nitrogens with zero attached hydrogens (tertiary/aromatic N) is 1. The summed E-state index contributed by atoms with van der Waals surface area (Å²) in [5.74, 6) is -1.07. The van der Waals surface area contributed by atoms with Gasteiger partial charge in [-0.3, -0.25) is 4.72 Å². The zero-order valence-electron chi connectivity index (χ0n) is 8.99. The quantitative estimate of drug-likeness (QED) is 0.762. The Labute approximate surface area is 103 Å². The average Bonchev–Trinajstić information content (AvgIpc) is 2.83. The first-order valence-corrected chi connectivity index (χ1v) is 6.33. The molecule has 0 saturated carbocycles. The third-order valence-electron chi connectivity index (χ3n) is 2.11. The van der Waals surface area contributed by atoms with E-state index in [9.17, 15) is 13.2 Å². The lowest BCUT2D eigenvalue weighted by Gasteiger charge is -2.05. The maximum atomic E-state index is 11.8. The van der Waals surface area contributed by atoms with Crippen LogP contribution >= 0.6 is 0 Å². The molecule has 0 fully saturated rings. The van der Waals surface area contributed by atoms with Crippen LogP contribution in [0, 0.1) is 0 Å². The number of nitrogens with one attached hydrogen (secondary N) is 2. The molecule has 2 aromatic rings. The molecule has 0 aliphatic heterocycles. The number of aromatic amines is 1. The standard InChI is InChI=1S/C10H9N3O4S/c14-10(15)7-3-4-8(12-6-7)13-18(16,17)9-2-1-5-11-9/h1-6,11H,(H,12,13)(H,14,15). The first kappa shape index (κ1) is 12.1. The summed E-state index contributed by atoms with van der Waals surface area (Å²) in [6, 6.07) is 5.50. The first-order chi connectivity index (χ1) is 8.49. The first-order valence-electron chi connectivity index (χ1n) is 4.84. The molecule has 7 nitrogen and oxygen atoms in total. The van der Waals surface area contributed by atoms with Crippen LogP contribution in [0.4, 0.5) is 5.82 Å². The van der Waals surface area contributed by atoms with Crippen LogP contribution in [0.2, 0.25) is 0 Å². The van der Waals surface area contributed by atoms with Crippen LogP contribution in [-0.4, -0.2) is 29.5 Å². The minimum Gasteiger partial charge on any atom is -0.478 e. The Morgan fingerprint density at radius 2 is 2.11 bits per heavy atom. The van der Waals surface area contributed by atoms with Gasteiger partial charge in [0.15, 0.2) is 5.03 Å². The van der Waals surface area contributed by atoms with Crippen molar-refractivity contribution in [3.63, 3.8) is 0 Å². The van der Waals surface area contributed by atoms with Gasteiger partial charge in [-0.05, 0) is 24.3 Å². The maximum absolute atomic E-state index is 11.8. The normalized spacial score (nSPS) is 11.1. The van der Waals surface area contributed by atoms with Gasteiger partial charge in [0.2, 0.25) is 0 Å². The predicted molar refractivity (Wildman–Crippen MR) is 62.8 cm³/mol. The molecule has 94 valence electrons. The number of carbonyl (C=O) groups is 1. The second-order valence-corrected chi connectivity index (χ2v) is 5.03. The molecule has 0 atom stereocenters. The molecule has 0 radical (unpaired) electrons. The van der Waals surface area contributed by atoms with Gasteiger partial charge in [0.05, 0.1) is 5.56 Å². The van der Waals surface area contributed by atoms with Crippen LogP contribution in [0.25, 0.3) is 0 Å². The highest BCUT2D eigenvalue weighted by Gasteiger charge is 2.15. The molecule has 0 bridgehead atoms. The number of sulfonamides is 1. The zero-order chi connectivity index (χ0) is 13.2. The Balaban J connectivity index is 2.22. The molecule has 0 aliphatic rings. The predicted octanol–water partition coefficient (Wildman–Crippen LogP) is 0.909. The molecule has 0 spiro atoms. The molecule has 2 rings (SSSR count). The summed E-state index contributed by atoms with van der Waals surface area (Å²) in [5, 5.41) is 8.68. The minimum absolute atomic E-state index is 0.00612. The number of H-pyrrole nitrogens is 1. The van der Waals surface area contributed by atoms with E-state index in [1.54, 1.807) is 6.07 Å². The van der Waals surface area contributed by atoms with Crippen molar-refractivity contribution < 1.29 is 18.3 Å². The van der Waals surface area contributed by atoms with Crippen molar-refractivity contribution in [1.29, 1.82) is 0 Å². The lowest BCUT2D eigenvalue weighted by Crippen LogP contribution is -2.14. The molecule has 0 amide bonds. The molecular weight excluding hydrogens is 258 g/mol. The van der Waals surface area contributed by atoms with Crippen molar-refractivity contribution in [1.82, 2.24) is 9.97 Å². The number of aromatic carboxylic acids is 1. The van der Waals surface area contributed by atoms with E-state index in [4.69, 9.17) is 5.11 Å². The Morgan fingerprint density at radius 1 is 1.33 bits per heavy atom. The molecule has 0 unspecified atom stereocenters. The fraction of sp³-hybridized carbons (Fsp3) is 0. The van der Waals surface area contributed by atoms with E-state index >= 15 is 0 Å². The monoisotopic (exact) mass is 267 g/mol. The summed E-state index contributed by atoms with van der Waals surface area (Å²) in [7, 11) is -3.72. The Morgan fingerprint density at radius 3 is 2.61 bits per heavy atom. The van der Waals surface area contributed by atoms with Crippen molar-refractivity contribution in [2.45, 2.75) is 5.03 Å². The topological polar surface area (TPSA) is 112 Å².